The molecule has 4 heteroatoms. The van der Waals surface area contributed by atoms with E-state index in [-0.39, 0.29) is 6.71 Å². The summed E-state index contributed by atoms with van der Waals surface area (Å²) in [6.45, 7) is 11.5. The summed E-state index contributed by atoms with van der Waals surface area (Å²) in [5, 5.41) is 0. The summed E-state index contributed by atoms with van der Waals surface area (Å²) < 4.78 is 1.40. The quantitative estimate of drug-likeness (QED) is 0.153. The Hall–Kier alpha value is -7.66. The van der Waals surface area contributed by atoms with E-state index in [0.717, 1.165) is 5.69 Å². The average molecular weight is 915 g/mol. The molecule has 0 fully saturated rings. The predicted octanol–water partition coefficient (Wildman–Crippen LogP) is 16.1. The Morgan fingerprint density at radius 3 is 1.64 bits per heavy atom. The number of thiophene rings is 1. The van der Waals surface area contributed by atoms with E-state index in [9.17, 15) is 0 Å². The molecule has 4 aliphatic rings. The fourth-order valence-electron chi connectivity index (χ4n) is 12.7. The number of fused-ring (bicyclic) bond motifs is 15. The first-order valence-electron chi connectivity index (χ1n) is 25.0. The molecule has 0 N–H and O–H groups in total. The number of anilines is 6. The van der Waals surface area contributed by atoms with Gasteiger partial charge in [0.25, 0.3) is 6.71 Å². The molecule has 0 amide bonds. The van der Waals surface area contributed by atoms with Crippen molar-refractivity contribution in [2.45, 2.75) is 51.9 Å². The van der Waals surface area contributed by atoms with Crippen LogP contribution >= 0.6 is 11.3 Å². The Kier molecular flexibility index (Phi) is 9.11. The van der Waals surface area contributed by atoms with Crippen LogP contribution in [0.3, 0.4) is 0 Å². The van der Waals surface area contributed by atoms with Crippen molar-refractivity contribution in [3.05, 3.63) is 245 Å². The number of nitrogens with zero attached hydrogens (tertiary/aromatic N) is 2. The molecule has 2 aliphatic carbocycles. The monoisotopic (exact) mass is 914 g/mol. The molecule has 1 spiro atoms. The third-order valence-corrected chi connectivity index (χ3v) is 17.2. The lowest BCUT2D eigenvalue weighted by Gasteiger charge is -2.43. The van der Waals surface area contributed by atoms with Crippen LogP contribution in [0.15, 0.2) is 206 Å². The molecule has 0 unspecified atom stereocenters. The van der Waals surface area contributed by atoms with Gasteiger partial charge in [0.1, 0.15) is 0 Å². The molecule has 0 saturated carbocycles. The Balaban J connectivity index is 1.10. The van der Waals surface area contributed by atoms with Crippen LogP contribution in [0.4, 0.5) is 34.1 Å². The summed E-state index contributed by atoms with van der Waals surface area (Å²) in [5.41, 5.74) is 28.1. The zero-order valence-corrected chi connectivity index (χ0v) is 41.0. The van der Waals surface area contributed by atoms with E-state index in [0.29, 0.717) is 11.8 Å². The predicted molar refractivity (Wildman–Crippen MR) is 298 cm³/mol. The van der Waals surface area contributed by atoms with E-state index in [1.165, 1.54) is 127 Å². The summed E-state index contributed by atoms with van der Waals surface area (Å²) in [7, 11) is 0. The highest BCUT2D eigenvalue weighted by atomic mass is 32.1. The van der Waals surface area contributed by atoms with Gasteiger partial charge in [0.15, 0.2) is 0 Å². The second kappa shape index (κ2) is 15.4. The topological polar surface area (TPSA) is 6.48 Å². The Bertz CT molecular complexity index is 3710. The second-order valence-electron chi connectivity index (χ2n) is 20.4. The maximum atomic E-state index is 2.64. The SMILES string of the molecule is Cc1cc2c3c(c1)N(c1ccccc1)c1c(sc4c1-c1ccc(C(C)C)cc1C41c4ccccc4-c4ccccc41)B3c1ccc(-c3cc(C(C)C)ccc3-c3ccccc3)cc1N2c1ccccc1. The first kappa shape index (κ1) is 41.3. The van der Waals surface area contributed by atoms with E-state index in [1.807, 2.05) is 0 Å². The summed E-state index contributed by atoms with van der Waals surface area (Å²) in [6.07, 6.45) is 0. The summed E-state index contributed by atoms with van der Waals surface area (Å²) in [5.74, 6) is 0.789. The van der Waals surface area contributed by atoms with Gasteiger partial charge < -0.3 is 9.80 Å². The van der Waals surface area contributed by atoms with Crippen molar-refractivity contribution in [3.63, 3.8) is 0 Å². The Morgan fingerprint density at radius 1 is 0.443 bits per heavy atom. The lowest BCUT2D eigenvalue weighted by molar-refractivity contribution is 0.799. The fourth-order valence-corrected chi connectivity index (χ4v) is 14.4. The molecule has 334 valence electrons. The molecular weight excluding hydrogens is 864 g/mol. The van der Waals surface area contributed by atoms with Crippen LogP contribution in [0.1, 0.15) is 77.8 Å². The van der Waals surface area contributed by atoms with Crippen LogP contribution < -0.4 is 25.5 Å². The van der Waals surface area contributed by atoms with Gasteiger partial charge in [0.05, 0.1) is 11.1 Å². The fraction of sp³-hybridized carbons (Fsp3) is 0.121. The zero-order valence-electron chi connectivity index (χ0n) is 40.2. The van der Waals surface area contributed by atoms with E-state index in [1.54, 1.807) is 0 Å². The molecule has 70 heavy (non-hydrogen) atoms. The molecule has 0 radical (unpaired) electrons. The van der Waals surface area contributed by atoms with Crippen LogP contribution in [-0.4, -0.2) is 6.71 Å². The highest BCUT2D eigenvalue weighted by Crippen LogP contribution is 2.67. The minimum absolute atomic E-state index is 0.0157. The van der Waals surface area contributed by atoms with Gasteiger partial charge in [0, 0.05) is 43.7 Å². The maximum absolute atomic E-state index is 2.64. The standard InChI is InChI=1S/C66H51BN2S/c1-40(2)44-29-32-49(43-19-9-6-10-20-43)53(37-44)46-31-34-57-58(39-46)68(47-21-11-7-12-22-47)59-35-42(5)36-60-62(59)67(57)65-63(69(60)48-23-13-8-14-24-48)61-52-33-30-45(41(3)4)38-56(52)66(64(61)70-65)54-27-17-15-25-50(54)51-26-16-18-28-55(51)66/h6-41H,1-5H3. The van der Waals surface area contributed by atoms with E-state index in [4.69, 9.17) is 0 Å². The average Bonchev–Trinajstić information content (AvgIpc) is 4.03. The summed E-state index contributed by atoms with van der Waals surface area (Å²) in [4.78, 5) is 6.64. The highest BCUT2D eigenvalue weighted by molar-refractivity contribution is 7.30. The van der Waals surface area contributed by atoms with Crippen LogP contribution in [0.5, 0.6) is 0 Å². The molecule has 14 rings (SSSR count). The van der Waals surface area contributed by atoms with Crippen molar-refractivity contribution in [1.29, 1.82) is 0 Å². The minimum atomic E-state index is -0.468. The molecule has 3 heterocycles. The van der Waals surface area contributed by atoms with Gasteiger partial charge in [-0.05, 0) is 144 Å². The van der Waals surface area contributed by atoms with E-state index < -0.39 is 5.41 Å². The van der Waals surface area contributed by atoms with E-state index in [2.05, 4.69) is 262 Å². The van der Waals surface area contributed by atoms with Crippen molar-refractivity contribution in [3.8, 4) is 44.5 Å². The molecule has 0 atom stereocenters. The van der Waals surface area contributed by atoms with Crippen LogP contribution in [0.25, 0.3) is 44.5 Å². The Labute approximate surface area is 416 Å². The zero-order chi connectivity index (χ0) is 47.0. The van der Waals surface area contributed by atoms with Crippen molar-refractivity contribution in [2.24, 2.45) is 0 Å². The molecule has 0 bridgehead atoms. The van der Waals surface area contributed by atoms with Crippen molar-refractivity contribution in [1.82, 2.24) is 0 Å². The van der Waals surface area contributed by atoms with Gasteiger partial charge in [-0.15, -0.1) is 11.3 Å². The van der Waals surface area contributed by atoms with Crippen LogP contribution in [0.2, 0.25) is 0 Å². The summed E-state index contributed by atoms with van der Waals surface area (Å²) in [6, 6.07) is 78.6. The van der Waals surface area contributed by atoms with Gasteiger partial charge in [-0.1, -0.05) is 191 Å². The lowest BCUT2D eigenvalue weighted by atomic mass is 9.36. The molecule has 9 aromatic carbocycles. The van der Waals surface area contributed by atoms with Crippen molar-refractivity contribution >= 4 is 67.9 Å². The third kappa shape index (κ3) is 5.69. The molecule has 1 aromatic heterocycles. The normalized spacial score (nSPS) is 14.1. The van der Waals surface area contributed by atoms with Gasteiger partial charge in [-0.25, -0.2) is 0 Å². The number of hydrogen-bond acceptors (Lipinski definition) is 3. The smallest absolute Gasteiger partial charge is 0.264 e. The molecule has 0 saturated heterocycles. The van der Waals surface area contributed by atoms with Gasteiger partial charge in [-0.2, -0.15) is 0 Å². The summed E-state index contributed by atoms with van der Waals surface area (Å²) >= 11 is 2.07. The first-order chi connectivity index (χ1) is 34.3. The third-order valence-electron chi connectivity index (χ3n) is 15.8. The number of benzene rings is 9. The van der Waals surface area contributed by atoms with Crippen LogP contribution in [-0.2, 0) is 5.41 Å². The lowest BCUT2D eigenvalue weighted by Crippen LogP contribution is -2.60. The highest BCUT2D eigenvalue weighted by Gasteiger charge is 2.57. The molecular formula is C66H51BN2S. The van der Waals surface area contributed by atoms with Crippen LogP contribution in [0, 0.1) is 6.92 Å². The largest absolute Gasteiger partial charge is 0.311 e. The minimum Gasteiger partial charge on any atom is -0.311 e. The van der Waals surface area contributed by atoms with Crippen molar-refractivity contribution in [2.75, 3.05) is 9.80 Å². The van der Waals surface area contributed by atoms with E-state index >= 15 is 0 Å². The molecule has 10 aromatic rings. The first-order valence-corrected chi connectivity index (χ1v) is 25.8. The van der Waals surface area contributed by atoms with Gasteiger partial charge in [0.2, 0.25) is 0 Å². The Morgan fingerprint density at radius 2 is 1.00 bits per heavy atom. The van der Waals surface area contributed by atoms with Crippen molar-refractivity contribution < 1.29 is 0 Å². The number of hydrogen-bond donors (Lipinski definition) is 0. The number of aryl methyl sites for hydroxylation is 1. The number of rotatable bonds is 6. The molecule has 2 aliphatic heterocycles. The second-order valence-corrected chi connectivity index (χ2v) is 21.5. The molecule has 2 nitrogen and oxygen atoms in total. The number of para-hydroxylation sites is 2. The van der Waals surface area contributed by atoms with Gasteiger partial charge in [-0.3, -0.25) is 0 Å². The maximum Gasteiger partial charge on any atom is 0.264 e. The van der Waals surface area contributed by atoms with Gasteiger partial charge >= 0.3 is 0 Å².